The molecule has 0 atom stereocenters. The minimum absolute atomic E-state index is 0.00637. The van der Waals surface area contributed by atoms with E-state index < -0.39 is 0 Å². The van der Waals surface area contributed by atoms with E-state index >= 15 is 0 Å². The molecule has 0 fully saturated rings. The van der Waals surface area contributed by atoms with Gasteiger partial charge in [-0.05, 0) is 40.2 Å². The molecule has 84 valence electrons. The van der Waals surface area contributed by atoms with Crippen LogP contribution in [0.5, 0.6) is 0 Å². The van der Waals surface area contributed by atoms with Crippen LogP contribution in [0, 0.1) is 0 Å². The molecule has 17 heavy (non-hydrogen) atoms. The second kappa shape index (κ2) is 3.89. The van der Waals surface area contributed by atoms with E-state index in [1.807, 2.05) is 24.3 Å². The van der Waals surface area contributed by atoms with Crippen LogP contribution in [0.4, 0.5) is 5.69 Å². The van der Waals surface area contributed by atoms with Gasteiger partial charge in [0.25, 0.3) is 0 Å². The summed E-state index contributed by atoms with van der Waals surface area (Å²) in [4.78, 5) is 12.0. The molecule has 0 radical (unpaired) electrons. The van der Waals surface area contributed by atoms with E-state index in [4.69, 9.17) is 4.42 Å². The van der Waals surface area contributed by atoms with Gasteiger partial charge in [0.15, 0.2) is 4.67 Å². The van der Waals surface area contributed by atoms with Gasteiger partial charge in [-0.2, -0.15) is 0 Å². The molecule has 0 unspecified atom stereocenters. The highest BCUT2D eigenvalue weighted by Crippen LogP contribution is 2.29. The molecule has 1 aliphatic heterocycles. The maximum absolute atomic E-state index is 12.0. The molecule has 0 amide bonds. The fraction of sp³-hybridized carbons (Fsp3) is 0. The number of furan rings is 1. The van der Waals surface area contributed by atoms with Gasteiger partial charge < -0.3 is 9.73 Å². The molecule has 0 saturated carbocycles. The van der Waals surface area contributed by atoms with E-state index in [1.54, 1.807) is 18.2 Å². The normalized spacial score (nSPS) is 16.1. The maximum Gasteiger partial charge on any atom is 0.211 e. The Hall–Kier alpha value is -1.81. The van der Waals surface area contributed by atoms with Crippen molar-refractivity contribution in [1.29, 1.82) is 0 Å². The third kappa shape index (κ3) is 1.80. The van der Waals surface area contributed by atoms with Crippen molar-refractivity contribution in [1.82, 2.24) is 0 Å². The van der Waals surface area contributed by atoms with Gasteiger partial charge in [-0.25, -0.2) is 0 Å². The first-order valence-corrected chi connectivity index (χ1v) is 5.91. The molecular formula is C13H8BrNO2. The molecule has 2 heterocycles. The lowest BCUT2D eigenvalue weighted by atomic mass is 10.1. The standard InChI is InChI=1S/C13H8BrNO2/c14-12-6-5-8(17-12)7-11-13(16)9-3-1-2-4-10(9)15-11/h1-7,15H/b11-7+. The molecule has 1 aromatic heterocycles. The van der Waals surface area contributed by atoms with Crippen molar-refractivity contribution in [3.8, 4) is 0 Å². The first-order chi connectivity index (χ1) is 8.24. The van der Waals surface area contributed by atoms with Gasteiger partial charge in [0.1, 0.15) is 5.76 Å². The van der Waals surface area contributed by atoms with Crippen LogP contribution in [-0.4, -0.2) is 5.78 Å². The monoisotopic (exact) mass is 289 g/mol. The van der Waals surface area contributed by atoms with Crippen LogP contribution in [-0.2, 0) is 0 Å². The highest BCUT2D eigenvalue weighted by atomic mass is 79.9. The smallest absolute Gasteiger partial charge is 0.211 e. The second-order valence-corrected chi connectivity index (χ2v) is 4.48. The number of hydrogen-bond donors (Lipinski definition) is 1. The minimum Gasteiger partial charge on any atom is -0.450 e. The number of carbonyl (C=O) groups excluding carboxylic acids is 1. The Morgan fingerprint density at radius 2 is 2.00 bits per heavy atom. The molecule has 1 aromatic carbocycles. The Kier molecular flexibility index (Phi) is 2.37. The van der Waals surface area contributed by atoms with E-state index in [0.29, 0.717) is 21.7 Å². The van der Waals surface area contributed by atoms with Crippen molar-refractivity contribution >= 4 is 33.5 Å². The highest BCUT2D eigenvalue weighted by molar-refractivity contribution is 9.10. The number of hydrogen-bond acceptors (Lipinski definition) is 3. The third-order valence-corrected chi connectivity index (χ3v) is 2.99. The van der Waals surface area contributed by atoms with Gasteiger partial charge in [-0.15, -0.1) is 0 Å². The summed E-state index contributed by atoms with van der Waals surface area (Å²) >= 11 is 3.22. The molecular weight excluding hydrogens is 282 g/mol. The largest absolute Gasteiger partial charge is 0.450 e. The lowest BCUT2D eigenvalue weighted by Gasteiger charge is -1.96. The second-order valence-electron chi connectivity index (χ2n) is 3.70. The number of anilines is 1. The van der Waals surface area contributed by atoms with Crippen molar-refractivity contribution in [3.05, 3.63) is 58.1 Å². The number of fused-ring (bicyclic) bond motifs is 1. The quantitative estimate of drug-likeness (QED) is 0.814. The lowest BCUT2D eigenvalue weighted by molar-refractivity contribution is 0.104. The summed E-state index contributed by atoms with van der Waals surface area (Å²) in [6, 6.07) is 11.0. The summed E-state index contributed by atoms with van der Waals surface area (Å²) < 4.78 is 5.99. The molecule has 1 N–H and O–H groups in total. The van der Waals surface area contributed by atoms with Crippen molar-refractivity contribution in [2.45, 2.75) is 0 Å². The molecule has 1 aliphatic rings. The first-order valence-electron chi connectivity index (χ1n) is 5.12. The number of ketones is 1. The lowest BCUT2D eigenvalue weighted by Crippen LogP contribution is -1.99. The Morgan fingerprint density at radius 1 is 1.18 bits per heavy atom. The van der Waals surface area contributed by atoms with Gasteiger partial charge in [0, 0.05) is 17.3 Å². The minimum atomic E-state index is -0.00637. The molecule has 3 rings (SSSR count). The molecule has 3 nitrogen and oxygen atoms in total. The topological polar surface area (TPSA) is 42.2 Å². The van der Waals surface area contributed by atoms with Crippen molar-refractivity contribution in [2.24, 2.45) is 0 Å². The Balaban J connectivity index is 1.99. The number of halogens is 1. The zero-order valence-electron chi connectivity index (χ0n) is 8.74. The van der Waals surface area contributed by atoms with Gasteiger partial charge in [-0.1, -0.05) is 12.1 Å². The molecule has 0 aliphatic carbocycles. The molecule has 0 spiro atoms. The van der Waals surface area contributed by atoms with E-state index in [9.17, 15) is 4.79 Å². The van der Waals surface area contributed by atoms with E-state index in [1.165, 1.54) is 0 Å². The Labute approximate surface area is 106 Å². The summed E-state index contributed by atoms with van der Waals surface area (Å²) in [5.41, 5.74) is 2.08. The molecule has 4 heteroatoms. The Bertz CT molecular complexity index is 628. The summed E-state index contributed by atoms with van der Waals surface area (Å²) in [5.74, 6) is 0.633. The summed E-state index contributed by atoms with van der Waals surface area (Å²) in [6.07, 6.45) is 1.70. The van der Waals surface area contributed by atoms with Gasteiger partial charge >= 0.3 is 0 Å². The van der Waals surface area contributed by atoms with Crippen LogP contribution in [0.2, 0.25) is 0 Å². The van der Waals surface area contributed by atoms with Crippen molar-refractivity contribution in [2.75, 3.05) is 5.32 Å². The SMILES string of the molecule is O=C1/C(=C\c2ccc(Br)o2)Nc2ccccc21. The summed E-state index contributed by atoms with van der Waals surface area (Å²) in [7, 11) is 0. The molecule has 0 bridgehead atoms. The van der Waals surface area contributed by atoms with Crippen molar-refractivity contribution in [3.63, 3.8) is 0 Å². The zero-order chi connectivity index (χ0) is 11.8. The third-order valence-electron chi connectivity index (χ3n) is 2.57. The zero-order valence-corrected chi connectivity index (χ0v) is 10.3. The number of carbonyl (C=O) groups is 1. The van der Waals surface area contributed by atoms with Crippen LogP contribution in [0.1, 0.15) is 16.1 Å². The van der Waals surface area contributed by atoms with Crippen LogP contribution >= 0.6 is 15.9 Å². The summed E-state index contributed by atoms with van der Waals surface area (Å²) in [6.45, 7) is 0. The predicted molar refractivity (Wildman–Crippen MR) is 68.8 cm³/mol. The summed E-state index contributed by atoms with van der Waals surface area (Å²) in [5, 5.41) is 3.08. The van der Waals surface area contributed by atoms with Crippen molar-refractivity contribution < 1.29 is 9.21 Å². The van der Waals surface area contributed by atoms with Gasteiger partial charge in [0.2, 0.25) is 5.78 Å². The maximum atomic E-state index is 12.0. The number of allylic oxidation sites excluding steroid dienone is 1. The first kappa shape index (κ1) is 10.4. The number of Topliss-reactive ketones (excluding diaryl/α,β-unsaturated/α-hetero) is 1. The fourth-order valence-electron chi connectivity index (χ4n) is 1.79. The van der Waals surface area contributed by atoms with Crippen LogP contribution in [0.3, 0.4) is 0 Å². The number of benzene rings is 1. The predicted octanol–water partition coefficient (Wildman–Crippen LogP) is 3.69. The average molecular weight is 290 g/mol. The number of nitrogens with one attached hydrogen (secondary N) is 1. The van der Waals surface area contributed by atoms with Crippen LogP contribution < -0.4 is 5.32 Å². The van der Waals surface area contributed by atoms with Gasteiger partial charge in [-0.3, -0.25) is 4.79 Å². The Morgan fingerprint density at radius 3 is 2.71 bits per heavy atom. The van der Waals surface area contributed by atoms with E-state index in [0.717, 1.165) is 5.69 Å². The van der Waals surface area contributed by atoms with Crippen LogP contribution in [0.25, 0.3) is 6.08 Å². The highest BCUT2D eigenvalue weighted by Gasteiger charge is 2.23. The van der Waals surface area contributed by atoms with E-state index in [-0.39, 0.29) is 5.78 Å². The van der Waals surface area contributed by atoms with E-state index in [2.05, 4.69) is 21.2 Å². The number of para-hydroxylation sites is 1. The van der Waals surface area contributed by atoms with Gasteiger partial charge in [0.05, 0.1) is 5.70 Å². The van der Waals surface area contributed by atoms with Crippen LogP contribution in [0.15, 0.2) is 51.2 Å². The average Bonchev–Trinajstić information content (AvgIpc) is 2.86. The number of rotatable bonds is 1. The fourth-order valence-corrected chi connectivity index (χ4v) is 2.11. The molecule has 2 aromatic rings. The molecule has 0 saturated heterocycles.